The molecule has 2 aliphatic carbocycles. The van der Waals surface area contributed by atoms with Crippen LogP contribution < -0.4 is 0 Å². The van der Waals surface area contributed by atoms with Crippen molar-refractivity contribution in [1.82, 2.24) is 0 Å². The molecule has 21 heavy (non-hydrogen) atoms. The van der Waals surface area contributed by atoms with Crippen molar-refractivity contribution in [2.75, 3.05) is 26.4 Å². The van der Waals surface area contributed by atoms with E-state index < -0.39 is 10.8 Å². The van der Waals surface area contributed by atoms with Gasteiger partial charge in [0.1, 0.15) is 0 Å². The first-order valence-corrected chi connectivity index (χ1v) is 7.68. The molecule has 2 fully saturated rings. The third-order valence-electron chi connectivity index (χ3n) is 6.12. The summed E-state index contributed by atoms with van der Waals surface area (Å²) in [5.74, 6) is -0.722. The molecule has 0 amide bonds. The van der Waals surface area contributed by atoms with Gasteiger partial charge in [0, 0.05) is 11.3 Å². The van der Waals surface area contributed by atoms with Crippen molar-refractivity contribution in [2.24, 2.45) is 22.2 Å². The van der Waals surface area contributed by atoms with Crippen molar-refractivity contribution in [3.8, 4) is 0 Å². The normalized spacial score (nSPS) is 31.2. The largest absolute Gasteiger partial charge is 0.396 e. The lowest BCUT2D eigenvalue weighted by Gasteiger charge is -2.36. The molecular formula is C16H26O5. The first-order chi connectivity index (χ1) is 9.80. The zero-order valence-electron chi connectivity index (χ0n) is 13.1. The second-order valence-electron chi connectivity index (χ2n) is 7.25. The molecule has 0 aromatic carbocycles. The summed E-state index contributed by atoms with van der Waals surface area (Å²) in [6, 6.07) is 0. The number of ether oxygens (including phenoxy) is 1. The zero-order chi connectivity index (χ0) is 15.9. The van der Waals surface area contributed by atoms with Crippen LogP contribution in [0.3, 0.4) is 0 Å². The lowest BCUT2D eigenvalue weighted by atomic mass is 9.69. The van der Waals surface area contributed by atoms with E-state index in [9.17, 15) is 19.8 Å². The van der Waals surface area contributed by atoms with Crippen LogP contribution in [0.4, 0.5) is 0 Å². The molecule has 2 saturated carbocycles. The maximum atomic E-state index is 12.3. The van der Waals surface area contributed by atoms with Crippen molar-refractivity contribution < 1.29 is 24.5 Å². The molecule has 0 aliphatic heterocycles. The predicted molar refractivity (Wildman–Crippen MR) is 76.7 cm³/mol. The van der Waals surface area contributed by atoms with Gasteiger partial charge in [0.25, 0.3) is 0 Å². The molecule has 5 nitrogen and oxygen atoms in total. The molecule has 2 aliphatic rings. The Balaban J connectivity index is 2.09. The smallest absolute Gasteiger partial charge is 0.207 e. The lowest BCUT2D eigenvalue weighted by molar-refractivity contribution is -0.145. The summed E-state index contributed by atoms with van der Waals surface area (Å²) in [4.78, 5) is 24.4. The van der Waals surface area contributed by atoms with Gasteiger partial charge in [0.2, 0.25) is 11.6 Å². The molecule has 120 valence electrons. The molecule has 0 heterocycles. The van der Waals surface area contributed by atoms with Gasteiger partial charge in [0.15, 0.2) is 0 Å². The summed E-state index contributed by atoms with van der Waals surface area (Å²) in [6.07, 6.45) is 2.03. The Morgan fingerprint density at radius 1 is 1.29 bits per heavy atom. The van der Waals surface area contributed by atoms with Crippen LogP contribution in [0.25, 0.3) is 0 Å². The van der Waals surface area contributed by atoms with E-state index >= 15 is 0 Å². The van der Waals surface area contributed by atoms with E-state index in [2.05, 4.69) is 0 Å². The van der Waals surface area contributed by atoms with Crippen molar-refractivity contribution in [3.05, 3.63) is 0 Å². The van der Waals surface area contributed by atoms with Crippen LogP contribution in [-0.4, -0.2) is 48.2 Å². The van der Waals surface area contributed by atoms with Gasteiger partial charge in [-0.15, -0.1) is 0 Å². The Bertz CT molecular complexity index is 430. The Labute approximate surface area is 125 Å². The standard InChI is InChI=1S/C16H26O5/c1-4-15(7-17,8-18)9-21-10-16-6-5-11(14(16,2)3)12(19)13(16)20/h11,17-18H,4-10H2,1-3H3. The second-order valence-corrected chi connectivity index (χ2v) is 7.25. The first-order valence-electron chi connectivity index (χ1n) is 7.68. The van der Waals surface area contributed by atoms with E-state index in [-0.39, 0.29) is 49.3 Å². The number of fused-ring (bicyclic) bond motifs is 2. The fourth-order valence-corrected chi connectivity index (χ4v) is 3.90. The molecule has 2 unspecified atom stereocenters. The maximum absolute atomic E-state index is 12.3. The maximum Gasteiger partial charge on any atom is 0.207 e. The highest BCUT2D eigenvalue weighted by Gasteiger charge is 2.69. The summed E-state index contributed by atoms with van der Waals surface area (Å²) >= 11 is 0. The zero-order valence-corrected chi connectivity index (χ0v) is 13.1. The van der Waals surface area contributed by atoms with Crippen LogP contribution in [0.2, 0.25) is 0 Å². The molecule has 5 heteroatoms. The molecule has 2 rings (SSSR count). The number of hydrogen-bond acceptors (Lipinski definition) is 5. The van der Waals surface area contributed by atoms with E-state index in [1.807, 2.05) is 20.8 Å². The summed E-state index contributed by atoms with van der Waals surface area (Å²) in [5.41, 5.74) is -1.77. The van der Waals surface area contributed by atoms with Crippen LogP contribution in [0.1, 0.15) is 40.0 Å². The molecule has 0 radical (unpaired) electrons. The third-order valence-corrected chi connectivity index (χ3v) is 6.12. The number of aliphatic hydroxyl groups is 2. The van der Waals surface area contributed by atoms with Crippen molar-refractivity contribution >= 4 is 11.6 Å². The number of hydrogen-bond donors (Lipinski definition) is 2. The Morgan fingerprint density at radius 2 is 1.90 bits per heavy atom. The van der Waals surface area contributed by atoms with Gasteiger partial charge in [0.05, 0.1) is 31.8 Å². The minimum Gasteiger partial charge on any atom is -0.396 e. The number of aliphatic hydroxyl groups excluding tert-OH is 2. The van der Waals surface area contributed by atoms with Crippen molar-refractivity contribution in [1.29, 1.82) is 0 Å². The Hall–Kier alpha value is -0.780. The number of carbonyl (C=O) groups is 2. The fraction of sp³-hybridized carbons (Fsp3) is 0.875. The molecule has 0 spiro atoms. The van der Waals surface area contributed by atoms with Crippen molar-refractivity contribution in [2.45, 2.75) is 40.0 Å². The summed E-state index contributed by atoms with van der Waals surface area (Å²) in [6.45, 7) is 5.90. The molecule has 0 aromatic rings. The van der Waals surface area contributed by atoms with E-state index in [0.29, 0.717) is 12.8 Å². The molecule has 0 saturated heterocycles. The fourth-order valence-electron chi connectivity index (χ4n) is 3.90. The summed E-state index contributed by atoms with van der Waals surface area (Å²) in [7, 11) is 0. The van der Waals surface area contributed by atoms with Crippen molar-refractivity contribution in [3.63, 3.8) is 0 Å². The van der Waals surface area contributed by atoms with Gasteiger partial charge < -0.3 is 14.9 Å². The van der Waals surface area contributed by atoms with Gasteiger partial charge in [-0.2, -0.15) is 0 Å². The van der Waals surface area contributed by atoms with E-state index in [1.165, 1.54) is 0 Å². The minimum atomic E-state index is -0.723. The predicted octanol–water partition coefficient (Wildman–Crippen LogP) is 0.958. The van der Waals surface area contributed by atoms with Crippen LogP contribution >= 0.6 is 0 Å². The average molecular weight is 298 g/mol. The third kappa shape index (κ3) is 2.17. The number of carbonyl (C=O) groups excluding carboxylic acids is 2. The number of Topliss-reactive ketones (excluding diaryl/α,β-unsaturated/α-hetero) is 2. The molecular weight excluding hydrogens is 272 g/mol. The van der Waals surface area contributed by atoms with Gasteiger partial charge >= 0.3 is 0 Å². The van der Waals surface area contributed by atoms with Crippen LogP contribution in [-0.2, 0) is 14.3 Å². The highest BCUT2D eigenvalue weighted by atomic mass is 16.5. The van der Waals surface area contributed by atoms with Crippen LogP contribution in [0, 0.1) is 22.2 Å². The van der Waals surface area contributed by atoms with Crippen LogP contribution in [0.15, 0.2) is 0 Å². The molecule has 2 N–H and O–H groups in total. The number of rotatable bonds is 7. The van der Waals surface area contributed by atoms with E-state index in [1.54, 1.807) is 0 Å². The summed E-state index contributed by atoms with van der Waals surface area (Å²) < 4.78 is 5.74. The molecule has 0 aromatic heterocycles. The quantitative estimate of drug-likeness (QED) is 0.684. The average Bonchev–Trinajstić information content (AvgIpc) is 2.80. The monoisotopic (exact) mass is 298 g/mol. The minimum absolute atomic E-state index is 0.161. The number of ketones is 2. The Kier molecular flexibility index (Phi) is 4.30. The van der Waals surface area contributed by atoms with E-state index in [0.717, 1.165) is 6.42 Å². The SMILES string of the molecule is CCC(CO)(CO)COCC12CCC(C(=O)C1=O)C2(C)C. The topological polar surface area (TPSA) is 83.8 Å². The highest BCUT2D eigenvalue weighted by molar-refractivity contribution is 6.43. The van der Waals surface area contributed by atoms with Gasteiger partial charge in [-0.3, -0.25) is 9.59 Å². The Morgan fingerprint density at radius 3 is 2.33 bits per heavy atom. The molecule has 2 atom stereocenters. The second kappa shape index (κ2) is 5.45. The van der Waals surface area contributed by atoms with Gasteiger partial charge in [-0.25, -0.2) is 0 Å². The molecule has 2 bridgehead atoms. The van der Waals surface area contributed by atoms with Gasteiger partial charge in [-0.05, 0) is 24.7 Å². The first kappa shape index (κ1) is 16.6. The van der Waals surface area contributed by atoms with Gasteiger partial charge in [-0.1, -0.05) is 20.8 Å². The lowest BCUT2D eigenvalue weighted by Crippen LogP contribution is -2.43. The highest BCUT2D eigenvalue weighted by Crippen LogP contribution is 2.62. The van der Waals surface area contributed by atoms with Crippen LogP contribution in [0.5, 0.6) is 0 Å². The summed E-state index contributed by atoms with van der Waals surface area (Å²) in [5, 5.41) is 18.9. The van der Waals surface area contributed by atoms with E-state index in [4.69, 9.17) is 4.74 Å².